The number of hydrogen-bond donors (Lipinski definition) is 0. The minimum Gasteiger partial charge on any atom is -0.370 e. The molecule has 86 valence electrons. The Labute approximate surface area is 95.1 Å². The molecular formula is C13H16FNO. The number of halogens is 1. The molecule has 0 radical (unpaired) electrons. The lowest BCUT2D eigenvalue weighted by atomic mass is 9.93. The van der Waals surface area contributed by atoms with Crippen molar-refractivity contribution >= 4 is 12.0 Å². The highest BCUT2D eigenvalue weighted by Gasteiger charge is 2.30. The van der Waals surface area contributed by atoms with E-state index in [0.717, 1.165) is 25.2 Å². The Morgan fingerprint density at radius 3 is 2.75 bits per heavy atom. The molecule has 1 aliphatic heterocycles. The fraction of sp³-hybridized carbons (Fsp3) is 0.462. The van der Waals surface area contributed by atoms with Crippen molar-refractivity contribution in [1.82, 2.24) is 0 Å². The summed E-state index contributed by atoms with van der Waals surface area (Å²) in [5, 5.41) is 0. The molecule has 1 heterocycles. The minimum absolute atomic E-state index is 0.181. The smallest absolute Gasteiger partial charge is 0.155 e. The van der Waals surface area contributed by atoms with Gasteiger partial charge in [0.05, 0.1) is 11.3 Å². The monoisotopic (exact) mass is 221 g/mol. The van der Waals surface area contributed by atoms with E-state index >= 15 is 0 Å². The van der Waals surface area contributed by atoms with Gasteiger partial charge in [-0.1, -0.05) is 19.9 Å². The highest BCUT2D eigenvalue weighted by Crippen LogP contribution is 2.34. The quantitative estimate of drug-likeness (QED) is 0.716. The molecule has 16 heavy (non-hydrogen) atoms. The summed E-state index contributed by atoms with van der Waals surface area (Å²) >= 11 is 0. The Morgan fingerprint density at radius 2 is 2.19 bits per heavy atom. The zero-order valence-corrected chi connectivity index (χ0v) is 9.66. The number of rotatable bonds is 2. The molecule has 1 saturated heterocycles. The standard InChI is InChI=1S/C13H16FNO/c1-13(2)6-7-15(9-13)12-5-3-4-11(14)10(12)8-16/h3-5,8H,6-7,9H2,1-2H3. The number of carbonyl (C=O) groups is 1. The van der Waals surface area contributed by atoms with Gasteiger partial charge in [0.1, 0.15) is 5.82 Å². The summed E-state index contributed by atoms with van der Waals surface area (Å²) in [6.45, 7) is 6.13. The molecular weight excluding hydrogens is 205 g/mol. The molecule has 1 aromatic rings. The topological polar surface area (TPSA) is 20.3 Å². The summed E-state index contributed by atoms with van der Waals surface area (Å²) in [4.78, 5) is 13.0. The zero-order chi connectivity index (χ0) is 11.8. The molecule has 2 nitrogen and oxygen atoms in total. The van der Waals surface area contributed by atoms with Crippen molar-refractivity contribution in [3.05, 3.63) is 29.6 Å². The van der Waals surface area contributed by atoms with Crippen LogP contribution in [0.3, 0.4) is 0 Å². The molecule has 0 saturated carbocycles. The molecule has 1 aromatic carbocycles. The predicted molar refractivity (Wildman–Crippen MR) is 62.4 cm³/mol. The van der Waals surface area contributed by atoms with E-state index in [0.29, 0.717) is 6.29 Å². The number of anilines is 1. The SMILES string of the molecule is CC1(C)CCN(c2cccc(F)c2C=O)C1. The number of benzene rings is 1. The molecule has 0 aromatic heterocycles. The van der Waals surface area contributed by atoms with Crippen molar-refractivity contribution in [2.45, 2.75) is 20.3 Å². The predicted octanol–water partition coefficient (Wildman–Crippen LogP) is 2.87. The molecule has 0 amide bonds. The number of hydrogen-bond acceptors (Lipinski definition) is 2. The molecule has 2 rings (SSSR count). The summed E-state index contributed by atoms with van der Waals surface area (Å²) in [5.41, 5.74) is 1.15. The maximum absolute atomic E-state index is 13.4. The lowest BCUT2D eigenvalue weighted by Gasteiger charge is -2.22. The van der Waals surface area contributed by atoms with Crippen LogP contribution in [0.25, 0.3) is 0 Å². The first kappa shape index (κ1) is 11.1. The van der Waals surface area contributed by atoms with Gasteiger partial charge in [0.15, 0.2) is 6.29 Å². The van der Waals surface area contributed by atoms with Crippen molar-refractivity contribution in [3.63, 3.8) is 0 Å². The van der Waals surface area contributed by atoms with Crippen molar-refractivity contribution in [2.24, 2.45) is 5.41 Å². The highest BCUT2D eigenvalue weighted by molar-refractivity contribution is 5.85. The third-order valence-corrected chi connectivity index (χ3v) is 3.17. The highest BCUT2D eigenvalue weighted by atomic mass is 19.1. The summed E-state index contributed by atoms with van der Waals surface area (Å²) in [6.07, 6.45) is 1.68. The fourth-order valence-corrected chi connectivity index (χ4v) is 2.24. The van der Waals surface area contributed by atoms with Gasteiger partial charge in [-0.2, -0.15) is 0 Å². The number of carbonyl (C=O) groups excluding carboxylic acids is 1. The molecule has 0 unspecified atom stereocenters. The van der Waals surface area contributed by atoms with Crippen LogP contribution in [0.1, 0.15) is 30.6 Å². The Kier molecular flexibility index (Phi) is 2.70. The van der Waals surface area contributed by atoms with Crippen molar-refractivity contribution < 1.29 is 9.18 Å². The lowest BCUT2D eigenvalue weighted by molar-refractivity contribution is 0.112. The maximum Gasteiger partial charge on any atom is 0.155 e. The van der Waals surface area contributed by atoms with Gasteiger partial charge in [-0.3, -0.25) is 4.79 Å². The first-order valence-electron chi connectivity index (χ1n) is 5.52. The minimum atomic E-state index is -0.433. The van der Waals surface area contributed by atoms with E-state index in [1.54, 1.807) is 6.07 Å². The molecule has 1 aliphatic rings. The third-order valence-electron chi connectivity index (χ3n) is 3.17. The van der Waals surface area contributed by atoms with Crippen molar-refractivity contribution in [3.8, 4) is 0 Å². The van der Waals surface area contributed by atoms with E-state index in [9.17, 15) is 9.18 Å². The zero-order valence-electron chi connectivity index (χ0n) is 9.66. The van der Waals surface area contributed by atoms with Crippen LogP contribution in [-0.2, 0) is 0 Å². The van der Waals surface area contributed by atoms with Gasteiger partial charge >= 0.3 is 0 Å². The average molecular weight is 221 g/mol. The molecule has 0 N–H and O–H groups in total. The fourth-order valence-electron chi connectivity index (χ4n) is 2.24. The Bertz CT molecular complexity index is 414. The van der Waals surface area contributed by atoms with Crippen LogP contribution >= 0.6 is 0 Å². The maximum atomic E-state index is 13.4. The van der Waals surface area contributed by atoms with E-state index in [2.05, 4.69) is 18.7 Å². The molecule has 0 aliphatic carbocycles. The molecule has 0 spiro atoms. The second-order valence-corrected chi connectivity index (χ2v) is 5.13. The van der Waals surface area contributed by atoms with Gasteiger partial charge in [0.25, 0.3) is 0 Å². The molecule has 1 fully saturated rings. The van der Waals surface area contributed by atoms with Gasteiger partial charge in [-0.15, -0.1) is 0 Å². The molecule has 0 bridgehead atoms. The van der Waals surface area contributed by atoms with E-state index < -0.39 is 5.82 Å². The normalized spacial score (nSPS) is 18.8. The van der Waals surface area contributed by atoms with Crippen LogP contribution in [0.5, 0.6) is 0 Å². The van der Waals surface area contributed by atoms with E-state index in [1.165, 1.54) is 6.07 Å². The third kappa shape index (κ3) is 1.94. The van der Waals surface area contributed by atoms with Gasteiger partial charge in [0.2, 0.25) is 0 Å². The van der Waals surface area contributed by atoms with Crippen LogP contribution in [0, 0.1) is 11.2 Å². The molecule has 3 heteroatoms. The van der Waals surface area contributed by atoms with Crippen molar-refractivity contribution in [2.75, 3.05) is 18.0 Å². The largest absolute Gasteiger partial charge is 0.370 e. The Morgan fingerprint density at radius 1 is 1.44 bits per heavy atom. The molecule has 0 atom stereocenters. The van der Waals surface area contributed by atoms with E-state index in [1.807, 2.05) is 6.07 Å². The first-order chi connectivity index (χ1) is 7.53. The summed E-state index contributed by atoms with van der Waals surface area (Å²) in [6, 6.07) is 4.80. The first-order valence-corrected chi connectivity index (χ1v) is 5.52. The van der Waals surface area contributed by atoms with Crippen LogP contribution in [-0.4, -0.2) is 19.4 Å². The van der Waals surface area contributed by atoms with Crippen LogP contribution in [0.2, 0.25) is 0 Å². The summed E-state index contributed by atoms with van der Waals surface area (Å²) < 4.78 is 13.4. The Hall–Kier alpha value is -1.38. The number of nitrogens with zero attached hydrogens (tertiary/aromatic N) is 1. The van der Waals surface area contributed by atoms with Gasteiger partial charge in [0, 0.05) is 13.1 Å². The Balaban J connectivity index is 2.35. The van der Waals surface area contributed by atoms with Gasteiger partial charge in [-0.25, -0.2) is 4.39 Å². The van der Waals surface area contributed by atoms with Crippen molar-refractivity contribution in [1.29, 1.82) is 0 Å². The van der Waals surface area contributed by atoms with Crippen LogP contribution in [0.4, 0.5) is 10.1 Å². The second kappa shape index (κ2) is 3.89. The number of aldehydes is 1. The second-order valence-electron chi connectivity index (χ2n) is 5.13. The summed E-state index contributed by atoms with van der Waals surface area (Å²) in [5.74, 6) is -0.433. The van der Waals surface area contributed by atoms with Gasteiger partial charge < -0.3 is 4.90 Å². The van der Waals surface area contributed by atoms with Crippen LogP contribution < -0.4 is 4.90 Å². The van der Waals surface area contributed by atoms with Gasteiger partial charge in [-0.05, 0) is 24.0 Å². The van der Waals surface area contributed by atoms with E-state index in [4.69, 9.17) is 0 Å². The summed E-state index contributed by atoms with van der Waals surface area (Å²) in [7, 11) is 0. The van der Waals surface area contributed by atoms with E-state index in [-0.39, 0.29) is 11.0 Å². The lowest BCUT2D eigenvalue weighted by Crippen LogP contribution is -2.24. The van der Waals surface area contributed by atoms with Crippen LogP contribution in [0.15, 0.2) is 18.2 Å². The average Bonchev–Trinajstić information content (AvgIpc) is 2.58.